The van der Waals surface area contributed by atoms with E-state index in [1.54, 1.807) is 6.20 Å². The zero-order valence-corrected chi connectivity index (χ0v) is 17.1. The number of hydrogen-bond donors (Lipinski definition) is 1. The maximum absolute atomic E-state index is 13.2. The fraction of sp³-hybridized carbons (Fsp3) is 0.250. The summed E-state index contributed by atoms with van der Waals surface area (Å²) in [5.74, 6) is 0.680. The van der Waals surface area contributed by atoms with E-state index in [2.05, 4.69) is 28.9 Å². The van der Waals surface area contributed by atoms with Crippen molar-refractivity contribution in [2.24, 2.45) is 0 Å². The molecular weight excluding hydrogens is 360 g/mol. The lowest BCUT2D eigenvalue weighted by atomic mass is 10.0. The van der Waals surface area contributed by atoms with Gasteiger partial charge in [0.1, 0.15) is 0 Å². The van der Waals surface area contributed by atoms with Crippen LogP contribution in [0.3, 0.4) is 0 Å². The van der Waals surface area contributed by atoms with E-state index in [9.17, 15) is 4.79 Å². The van der Waals surface area contributed by atoms with Gasteiger partial charge in [-0.2, -0.15) is 0 Å². The van der Waals surface area contributed by atoms with Gasteiger partial charge in [-0.3, -0.25) is 4.79 Å². The molecule has 0 radical (unpaired) electrons. The van der Waals surface area contributed by atoms with E-state index < -0.39 is 0 Å². The summed E-state index contributed by atoms with van der Waals surface area (Å²) in [5.41, 5.74) is 9.00. The van der Waals surface area contributed by atoms with Gasteiger partial charge in [0.05, 0.1) is 11.4 Å². The molecule has 0 fully saturated rings. The zero-order valence-electron chi connectivity index (χ0n) is 17.1. The SMILES string of the molecule is CN(C)CCCCN(c1ccccc1C(=O)c1ccccc1)c1ncccc1N. The maximum atomic E-state index is 13.2. The fourth-order valence-corrected chi connectivity index (χ4v) is 3.32. The molecule has 3 rings (SSSR count). The normalized spacial score (nSPS) is 10.9. The third-order valence-corrected chi connectivity index (χ3v) is 4.79. The number of aromatic nitrogens is 1. The molecule has 150 valence electrons. The second-order valence-electron chi connectivity index (χ2n) is 7.29. The second kappa shape index (κ2) is 9.85. The Hall–Kier alpha value is -3.18. The quantitative estimate of drug-likeness (QED) is 0.435. The molecule has 5 nitrogen and oxygen atoms in total. The summed E-state index contributed by atoms with van der Waals surface area (Å²) in [7, 11) is 4.14. The molecule has 5 heteroatoms. The molecule has 0 saturated carbocycles. The lowest BCUT2D eigenvalue weighted by Crippen LogP contribution is -2.24. The molecule has 29 heavy (non-hydrogen) atoms. The largest absolute Gasteiger partial charge is 0.396 e. The summed E-state index contributed by atoms with van der Waals surface area (Å²) in [6, 6.07) is 20.7. The van der Waals surface area contributed by atoms with Crippen LogP contribution in [0.2, 0.25) is 0 Å². The smallest absolute Gasteiger partial charge is 0.195 e. The highest BCUT2D eigenvalue weighted by Gasteiger charge is 2.20. The van der Waals surface area contributed by atoms with Crippen LogP contribution in [-0.2, 0) is 0 Å². The van der Waals surface area contributed by atoms with Crippen molar-refractivity contribution in [1.29, 1.82) is 0 Å². The van der Waals surface area contributed by atoms with Crippen molar-refractivity contribution in [1.82, 2.24) is 9.88 Å². The van der Waals surface area contributed by atoms with Gasteiger partial charge < -0.3 is 15.5 Å². The summed E-state index contributed by atoms with van der Waals surface area (Å²) >= 11 is 0. The molecule has 0 aliphatic heterocycles. The Morgan fingerprint density at radius 2 is 1.59 bits per heavy atom. The van der Waals surface area contributed by atoms with E-state index in [1.807, 2.05) is 66.7 Å². The van der Waals surface area contributed by atoms with Gasteiger partial charge in [-0.05, 0) is 57.7 Å². The van der Waals surface area contributed by atoms with Crippen LogP contribution in [0, 0.1) is 0 Å². The van der Waals surface area contributed by atoms with Gasteiger partial charge in [-0.15, -0.1) is 0 Å². The van der Waals surface area contributed by atoms with Gasteiger partial charge in [0.15, 0.2) is 11.6 Å². The highest BCUT2D eigenvalue weighted by atomic mass is 16.1. The summed E-state index contributed by atoms with van der Waals surface area (Å²) in [4.78, 5) is 22.0. The number of anilines is 3. The highest BCUT2D eigenvalue weighted by molar-refractivity contribution is 6.12. The molecule has 2 aromatic carbocycles. The Balaban J connectivity index is 1.97. The first kappa shape index (κ1) is 20.6. The summed E-state index contributed by atoms with van der Waals surface area (Å²) in [6.45, 7) is 1.74. The zero-order chi connectivity index (χ0) is 20.6. The molecule has 1 heterocycles. The van der Waals surface area contributed by atoms with E-state index in [4.69, 9.17) is 5.73 Å². The van der Waals surface area contributed by atoms with E-state index in [0.29, 0.717) is 22.6 Å². The number of carbonyl (C=O) groups is 1. The maximum Gasteiger partial charge on any atom is 0.195 e. The van der Waals surface area contributed by atoms with Crippen LogP contribution in [0.1, 0.15) is 28.8 Å². The molecule has 0 spiro atoms. The number of nitrogen functional groups attached to an aromatic ring is 1. The number of pyridine rings is 1. The van der Waals surface area contributed by atoms with Crippen LogP contribution in [0.25, 0.3) is 0 Å². The molecular formula is C24H28N4O. The van der Waals surface area contributed by atoms with E-state index >= 15 is 0 Å². The molecule has 0 amide bonds. The van der Waals surface area contributed by atoms with E-state index in [1.165, 1.54) is 0 Å². The van der Waals surface area contributed by atoms with Crippen molar-refractivity contribution in [3.8, 4) is 0 Å². The lowest BCUT2D eigenvalue weighted by Gasteiger charge is -2.27. The van der Waals surface area contributed by atoms with Crippen LogP contribution < -0.4 is 10.6 Å². The number of carbonyl (C=O) groups excluding carboxylic acids is 1. The van der Waals surface area contributed by atoms with Gasteiger partial charge in [0.25, 0.3) is 0 Å². The number of nitrogens with zero attached hydrogens (tertiary/aromatic N) is 3. The van der Waals surface area contributed by atoms with Crippen molar-refractivity contribution < 1.29 is 4.79 Å². The highest BCUT2D eigenvalue weighted by Crippen LogP contribution is 2.32. The van der Waals surface area contributed by atoms with Crippen LogP contribution in [0.5, 0.6) is 0 Å². The van der Waals surface area contributed by atoms with Gasteiger partial charge in [-0.1, -0.05) is 42.5 Å². The van der Waals surface area contributed by atoms with Gasteiger partial charge in [0, 0.05) is 23.9 Å². The average molecular weight is 389 g/mol. The lowest BCUT2D eigenvalue weighted by molar-refractivity contribution is 0.103. The van der Waals surface area contributed by atoms with E-state index in [-0.39, 0.29) is 5.78 Å². The molecule has 0 unspecified atom stereocenters. The molecule has 0 aliphatic carbocycles. The summed E-state index contributed by atoms with van der Waals surface area (Å²) < 4.78 is 0. The van der Waals surface area contributed by atoms with Crippen molar-refractivity contribution in [2.75, 3.05) is 37.8 Å². The predicted octanol–water partition coefficient (Wildman–Crippen LogP) is 4.37. The van der Waals surface area contributed by atoms with Crippen LogP contribution in [-0.4, -0.2) is 42.9 Å². The van der Waals surface area contributed by atoms with Crippen molar-refractivity contribution >= 4 is 23.0 Å². The minimum atomic E-state index is -0.00556. The Morgan fingerprint density at radius 3 is 2.31 bits per heavy atom. The summed E-state index contributed by atoms with van der Waals surface area (Å²) in [6.07, 6.45) is 3.74. The summed E-state index contributed by atoms with van der Waals surface area (Å²) in [5, 5.41) is 0. The first-order valence-electron chi connectivity index (χ1n) is 9.89. The first-order chi connectivity index (χ1) is 14.1. The van der Waals surface area contributed by atoms with Crippen molar-refractivity contribution in [3.05, 3.63) is 84.1 Å². The van der Waals surface area contributed by atoms with E-state index in [0.717, 1.165) is 31.6 Å². The van der Waals surface area contributed by atoms with Crippen LogP contribution in [0.15, 0.2) is 72.9 Å². The predicted molar refractivity (Wildman–Crippen MR) is 120 cm³/mol. The van der Waals surface area contributed by atoms with Crippen LogP contribution >= 0.6 is 0 Å². The number of benzene rings is 2. The minimum Gasteiger partial charge on any atom is -0.396 e. The molecule has 0 saturated heterocycles. The Morgan fingerprint density at radius 1 is 0.897 bits per heavy atom. The number of ketones is 1. The average Bonchev–Trinajstić information content (AvgIpc) is 2.75. The van der Waals surface area contributed by atoms with Gasteiger partial charge in [0.2, 0.25) is 0 Å². The minimum absolute atomic E-state index is 0.00556. The standard InChI is InChI=1S/C24H28N4O/c1-27(2)17-8-9-18-28(24-21(25)14-10-16-26-24)22-15-7-6-13-20(22)23(29)19-11-4-3-5-12-19/h3-7,10-16H,8-9,17-18,25H2,1-2H3. The Bertz CT molecular complexity index is 940. The van der Waals surface area contributed by atoms with Gasteiger partial charge in [-0.25, -0.2) is 4.98 Å². The molecule has 2 N–H and O–H groups in total. The Kier molecular flexibility index (Phi) is 6.98. The first-order valence-corrected chi connectivity index (χ1v) is 9.89. The number of para-hydroxylation sites is 1. The number of nitrogens with two attached hydrogens (primary N) is 1. The molecule has 1 aromatic heterocycles. The fourth-order valence-electron chi connectivity index (χ4n) is 3.32. The monoisotopic (exact) mass is 388 g/mol. The molecule has 3 aromatic rings. The third kappa shape index (κ3) is 5.21. The molecule has 0 bridgehead atoms. The van der Waals surface area contributed by atoms with Crippen LogP contribution in [0.4, 0.5) is 17.2 Å². The van der Waals surface area contributed by atoms with Crippen molar-refractivity contribution in [2.45, 2.75) is 12.8 Å². The van der Waals surface area contributed by atoms with Crippen molar-refractivity contribution in [3.63, 3.8) is 0 Å². The Labute approximate surface area is 172 Å². The topological polar surface area (TPSA) is 62.5 Å². The van der Waals surface area contributed by atoms with Gasteiger partial charge >= 0.3 is 0 Å². The third-order valence-electron chi connectivity index (χ3n) is 4.79. The number of rotatable bonds is 9. The molecule has 0 aliphatic rings. The number of hydrogen-bond acceptors (Lipinski definition) is 5. The number of unbranched alkanes of at least 4 members (excludes halogenated alkanes) is 1. The second-order valence-corrected chi connectivity index (χ2v) is 7.29. The molecule has 0 atom stereocenters.